The lowest BCUT2D eigenvalue weighted by Gasteiger charge is -2.25. The van der Waals surface area contributed by atoms with Gasteiger partial charge in [-0.15, -0.1) is 0 Å². The number of hydrogen-bond donors (Lipinski definition) is 1. The van der Waals surface area contributed by atoms with E-state index >= 15 is 0 Å². The third kappa shape index (κ3) is 2.51. The Morgan fingerprint density at radius 3 is 2.71 bits per heavy atom. The fourth-order valence-corrected chi connectivity index (χ4v) is 6.21. The molecule has 21 heavy (non-hydrogen) atoms. The fraction of sp³-hybridized carbons (Fsp3) is 0.625. The van der Waals surface area contributed by atoms with Crippen molar-refractivity contribution in [2.45, 2.75) is 49.3 Å². The van der Waals surface area contributed by atoms with Crippen LogP contribution in [0.4, 0.5) is 0 Å². The normalized spacial score (nSPS) is 32.3. The Morgan fingerprint density at radius 2 is 2.05 bits per heavy atom. The van der Waals surface area contributed by atoms with E-state index in [4.69, 9.17) is 4.74 Å². The van der Waals surface area contributed by atoms with Crippen LogP contribution in [0.25, 0.3) is 0 Å². The van der Waals surface area contributed by atoms with E-state index in [1.807, 2.05) is 38.1 Å². The van der Waals surface area contributed by atoms with Crippen molar-refractivity contribution in [2.24, 2.45) is 0 Å². The highest BCUT2D eigenvalue weighted by atomic mass is 32.2. The monoisotopic (exact) mass is 309 g/mol. The van der Waals surface area contributed by atoms with E-state index in [-0.39, 0.29) is 22.6 Å². The molecule has 1 heterocycles. The third-order valence-electron chi connectivity index (χ3n) is 4.76. The van der Waals surface area contributed by atoms with Gasteiger partial charge in [0.05, 0.1) is 16.6 Å². The molecule has 2 aliphatic rings. The molecule has 1 aliphatic heterocycles. The summed E-state index contributed by atoms with van der Waals surface area (Å²) in [6, 6.07) is 7.97. The Bertz CT molecular complexity index is 614. The molecular weight excluding hydrogens is 286 g/mol. The minimum atomic E-state index is -3.21. The predicted octanol–water partition coefficient (Wildman–Crippen LogP) is 1.85. The second-order valence-electron chi connectivity index (χ2n) is 5.97. The standard InChI is InChI=1S/C16H23NO3S/c1-3-17-16-13-7-5-4-6-12(13)10-15(16)21(18,19)14-8-9-20-11(14)2/h4-7,11,14-17H,3,8-10H2,1-2H3. The number of fused-ring (bicyclic) bond motifs is 1. The van der Waals surface area contributed by atoms with Crippen LogP contribution in [0.15, 0.2) is 24.3 Å². The molecule has 0 amide bonds. The maximum atomic E-state index is 13.1. The highest BCUT2D eigenvalue weighted by molar-refractivity contribution is 7.92. The van der Waals surface area contributed by atoms with Crippen LogP contribution < -0.4 is 5.32 Å². The summed E-state index contributed by atoms with van der Waals surface area (Å²) in [6.07, 6.45) is 1.04. The lowest BCUT2D eigenvalue weighted by atomic mass is 10.1. The third-order valence-corrected chi connectivity index (χ3v) is 7.50. The molecule has 0 radical (unpaired) electrons. The number of nitrogens with one attached hydrogen (secondary N) is 1. The predicted molar refractivity (Wildman–Crippen MR) is 83.1 cm³/mol. The molecule has 0 spiro atoms. The van der Waals surface area contributed by atoms with Crippen molar-refractivity contribution in [1.29, 1.82) is 0 Å². The molecule has 1 fully saturated rings. The van der Waals surface area contributed by atoms with E-state index in [0.29, 0.717) is 19.4 Å². The van der Waals surface area contributed by atoms with Crippen molar-refractivity contribution in [1.82, 2.24) is 5.32 Å². The van der Waals surface area contributed by atoms with Crippen molar-refractivity contribution in [3.8, 4) is 0 Å². The van der Waals surface area contributed by atoms with Gasteiger partial charge in [0, 0.05) is 12.6 Å². The van der Waals surface area contributed by atoms with Gasteiger partial charge >= 0.3 is 0 Å². The number of hydrogen-bond acceptors (Lipinski definition) is 4. The molecule has 116 valence electrons. The Morgan fingerprint density at radius 1 is 1.29 bits per heavy atom. The van der Waals surface area contributed by atoms with Crippen LogP contribution in [0.5, 0.6) is 0 Å². The van der Waals surface area contributed by atoms with Gasteiger partial charge in [0.25, 0.3) is 0 Å². The van der Waals surface area contributed by atoms with E-state index in [0.717, 1.165) is 17.7 Å². The second kappa shape index (κ2) is 5.71. The quantitative estimate of drug-likeness (QED) is 0.922. The summed E-state index contributed by atoms with van der Waals surface area (Å²) in [5.41, 5.74) is 2.29. The van der Waals surface area contributed by atoms with Gasteiger partial charge in [-0.05, 0) is 37.4 Å². The zero-order valence-electron chi connectivity index (χ0n) is 12.6. The van der Waals surface area contributed by atoms with Gasteiger partial charge in [-0.1, -0.05) is 31.2 Å². The first-order valence-corrected chi connectivity index (χ1v) is 9.32. The lowest BCUT2D eigenvalue weighted by Crippen LogP contribution is -2.42. The fourth-order valence-electron chi connectivity index (χ4n) is 3.69. The molecule has 1 aliphatic carbocycles. The summed E-state index contributed by atoms with van der Waals surface area (Å²) in [4.78, 5) is 0. The van der Waals surface area contributed by atoms with Crippen LogP contribution in [0, 0.1) is 0 Å². The average Bonchev–Trinajstić information content (AvgIpc) is 3.04. The number of sulfone groups is 1. The minimum Gasteiger partial charge on any atom is -0.377 e. The van der Waals surface area contributed by atoms with Crippen LogP contribution in [0.3, 0.4) is 0 Å². The zero-order chi connectivity index (χ0) is 15.0. The SMILES string of the molecule is CCNC1c2ccccc2CC1S(=O)(=O)C1CCOC1C. The van der Waals surface area contributed by atoms with E-state index in [1.54, 1.807) is 0 Å². The molecule has 5 heteroatoms. The number of benzene rings is 1. The molecule has 4 unspecified atom stereocenters. The molecule has 4 atom stereocenters. The summed E-state index contributed by atoms with van der Waals surface area (Å²) in [5.74, 6) is 0. The summed E-state index contributed by atoms with van der Waals surface area (Å²) in [5, 5.41) is 2.64. The highest BCUT2D eigenvalue weighted by Crippen LogP contribution is 2.39. The van der Waals surface area contributed by atoms with Crippen molar-refractivity contribution in [3.05, 3.63) is 35.4 Å². The Labute approximate surface area is 126 Å². The van der Waals surface area contributed by atoms with Crippen LogP contribution in [-0.2, 0) is 21.0 Å². The zero-order valence-corrected chi connectivity index (χ0v) is 13.4. The molecular formula is C16H23NO3S. The van der Waals surface area contributed by atoms with Gasteiger partial charge in [-0.3, -0.25) is 0 Å². The Kier molecular flexibility index (Phi) is 4.08. The molecule has 1 aromatic carbocycles. The molecule has 0 saturated carbocycles. The van der Waals surface area contributed by atoms with E-state index in [9.17, 15) is 8.42 Å². The first-order valence-electron chi connectivity index (χ1n) is 7.71. The lowest BCUT2D eigenvalue weighted by molar-refractivity contribution is 0.126. The van der Waals surface area contributed by atoms with E-state index in [1.165, 1.54) is 0 Å². The van der Waals surface area contributed by atoms with Crippen LogP contribution in [0.1, 0.15) is 37.4 Å². The van der Waals surface area contributed by atoms with Gasteiger partial charge in [0.2, 0.25) is 0 Å². The number of ether oxygens (including phenoxy) is 1. The van der Waals surface area contributed by atoms with Gasteiger partial charge < -0.3 is 10.1 Å². The van der Waals surface area contributed by atoms with Gasteiger partial charge in [0.1, 0.15) is 0 Å². The van der Waals surface area contributed by atoms with Crippen LogP contribution in [-0.4, -0.2) is 38.2 Å². The largest absolute Gasteiger partial charge is 0.377 e. The molecule has 3 rings (SSSR count). The molecule has 0 aromatic heterocycles. The second-order valence-corrected chi connectivity index (χ2v) is 8.36. The molecule has 4 nitrogen and oxygen atoms in total. The highest BCUT2D eigenvalue weighted by Gasteiger charge is 2.47. The summed E-state index contributed by atoms with van der Waals surface area (Å²) in [7, 11) is -3.21. The van der Waals surface area contributed by atoms with E-state index < -0.39 is 9.84 Å². The number of rotatable bonds is 4. The molecule has 1 N–H and O–H groups in total. The van der Waals surface area contributed by atoms with Gasteiger partial charge in [-0.25, -0.2) is 8.42 Å². The molecule has 1 saturated heterocycles. The van der Waals surface area contributed by atoms with Crippen molar-refractivity contribution in [2.75, 3.05) is 13.2 Å². The average molecular weight is 309 g/mol. The van der Waals surface area contributed by atoms with Crippen LogP contribution >= 0.6 is 0 Å². The maximum Gasteiger partial charge on any atom is 0.160 e. The van der Waals surface area contributed by atoms with Gasteiger partial charge in [0.15, 0.2) is 9.84 Å². The maximum absolute atomic E-state index is 13.1. The molecule has 1 aromatic rings. The van der Waals surface area contributed by atoms with E-state index in [2.05, 4.69) is 5.32 Å². The first-order chi connectivity index (χ1) is 10.1. The summed E-state index contributed by atoms with van der Waals surface area (Å²) >= 11 is 0. The Hall–Kier alpha value is -0.910. The Balaban J connectivity index is 1.95. The minimum absolute atomic E-state index is 0.0935. The van der Waals surface area contributed by atoms with Crippen LogP contribution in [0.2, 0.25) is 0 Å². The smallest absolute Gasteiger partial charge is 0.160 e. The van der Waals surface area contributed by atoms with Crippen molar-refractivity contribution in [3.63, 3.8) is 0 Å². The van der Waals surface area contributed by atoms with Gasteiger partial charge in [-0.2, -0.15) is 0 Å². The van der Waals surface area contributed by atoms with Crippen molar-refractivity contribution >= 4 is 9.84 Å². The first kappa shape index (κ1) is 15.0. The molecule has 0 bridgehead atoms. The summed E-state index contributed by atoms with van der Waals surface area (Å²) < 4.78 is 31.6. The topological polar surface area (TPSA) is 55.4 Å². The summed E-state index contributed by atoms with van der Waals surface area (Å²) in [6.45, 7) is 5.21. The van der Waals surface area contributed by atoms with Crippen molar-refractivity contribution < 1.29 is 13.2 Å².